The number of aromatic nitrogens is 3. The molecule has 3 heterocycles. The van der Waals surface area contributed by atoms with Crippen molar-refractivity contribution in [1.29, 1.82) is 0 Å². The second-order valence-electron chi connectivity index (χ2n) is 5.89. The molecule has 3 aromatic rings. The average molecular weight is 309 g/mol. The number of ether oxygens (including phenoxy) is 1. The highest BCUT2D eigenvalue weighted by Gasteiger charge is 2.27. The van der Waals surface area contributed by atoms with E-state index in [0.717, 1.165) is 40.3 Å². The molecule has 1 aliphatic carbocycles. The van der Waals surface area contributed by atoms with Crippen LogP contribution in [-0.4, -0.2) is 27.8 Å². The number of fused-ring (bicyclic) bond motifs is 2. The molecule has 0 radical (unpaired) electrons. The summed E-state index contributed by atoms with van der Waals surface area (Å²) in [5, 5.41) is 11.4. The van der Waals surface area contributed by atoms with Crippen LogP contribution in [0.5, 0.6) is 5.75 Å². The molecule has 1 fully saturated rings. The van der Waals surface area contributed by atoms with E-state index >= 15 is 0 Å². The molecule has 0 unspecified atom stereocenters. The molecule has 0 amide bonds. The van der Waals surface area contributed by atoms with E-state index in [1.54, 1.807) is 6.20 Å². The fourth-order valence-corrected chi connectivity index (χ4v) is 2.71. The molecule has 2 N–H and O–H groups in total. The molecular weight excluding hydrogens is 294 g/mol. The largest absolute Gasteiger partial charge is 0.487 e. The van der Waals surface area contributed by atoms with Crippen molar-refractivity contribution < 1.29 is 9.26 Å². The van der Waals surface area contributed by atoms with Crippen molar-refractivity contribution in [3.63, 3.8) is 0 Å². The Hall–Kier alpha value is -2.83. The number of hydrogen-bond donors (Lipinski definition) is 2. The first-order valence-corrected chi connectivity index (χ1v) is 7.77. The first-order valence-electron chi connectivity index (χ1n) is 7.77. The summed E-state index contributed by atoms with van der Waals surface area (Å²) >= 11 is 0. The minimum absolute atomic E-state index is 0.511. The van der Waals surface area contributed by atoms with Crippen LogP contribution in [0.4, 0.5) is 17.5 Å². The van der Waals surface area contributed by atoms with Gasteiger partial charge in [0.2, 0.25) is 5.95 Å². The Balaban J connectivity index is 1.49. The van der Waals surface area contributed by atoms with Gasteiger partial charge in [-0.3, -0.25) is 0 Å². The first-order chi connectivity index (χ1) is 11.3. The van der Waals surface area contributed by atoms with Crippen LogP contribution in [0.15, 0.2) is 28.9 Å². The molecule has 7 heteroatoms. The maximum atomic E-state index is 5.67. The Morgan fingerprint density at radius 1 is 1.17 bits per heavy atom. The summed E-state index contributed by atoms with van der Waals surface area (Å²) in [7, 11) is 0. The molecule has 0 atom stereocenters. The van der Waals surface area contributed by atoms with Crippen molar-refractivity contribution in [2.24, 2.45) is 0 Å². The highest BCUT2D eigenvalue weighted by atomic mass is 16.5. The summed E-state index contributed by atoms with van der Waals surface area (Å²) in [6, 6.07) is 6.31. The smallest absolute Gasteiger partial charge is 0.229 e. The van der Waals surface area contributed by atoms with Gasteiger partial charge in [0, 0.05) is 29.6 Å². The third kappa shape index (κ3) is 2.34. The molecule has 2 aliphatic rings. The SMILES string of the molecule is c1cc2cnoc2cc1Nc1nc2c(c(NC3CC3)n1)OCC2. The van der Waals surface area contributed by atoms with Crippen molar-refractivity contribution in [1.82, 2.24) is 15.1 Å². The zero-order valence-corrected chi connectivity index (χ0v) is 12.4. The quantitative estimate of drug-likeness (QED) is 0.766. The number of anilines is 3. The predicted molar refractivity (Wildman–Crippen MR) is 85.2 cm³/mol. The Morgan fingerprint density at radius 3 is 3.04 bits per heavy atom. The van der Waals surface area contributed by atoms with Gasteiger partial charge in [-0.2, -0.15) is 4.98 Å². The van der Waals surface area contributed by atoms with Gasteiger partial charge in [-0.1, -0.05) is 5.16 Å². The van der Waals surface area contributed by atoms with Gasteiger partial charge in [-0.15, -0.1) is 0 Å². The molecule has 0 bridgehead atoms. The van der Waals surface area contributed by atoms with E-state index in [9.17, 15) is 0 Å². The average Bonchev–Trinajstić information content (AvgIpc) is 3.06. The number of nitrogens with one attached hydrogen (secondary N) is 2. The van der Waals surface area contributed by atoms with Gasteiger partial charge in [0.25, 0.3) is 0 Å². The van der Waals surface area contributed by atoms with E-state index in [-0.39, 0.29) is 0 Å². The van der Waals surface area contributed by atoms with Gasteiger partial charge < -0.3 is 19.9 Å². The molecule has 116 valence electrons. The minimum atomic E-state index is 0.511. The molecule has 2 aromatic heterocycles. The lowest BCUT2D eigenvalue weighted by atomic mass is 10.2. The predicted octanol–water partition coefficient (Wildman–Crippen LogP) is 2.87. The van der Waals surface area contributed by atoms with Crippen LogP contribution in [0.3, 0.4) is 0 Å². The van der Waals surface area contributed by atoms with E-state index in [2.05, 4.69) is 25.8 Å². The van der Waals surface area contributed by atoms with Crippen LogP contribution >= 0.6 is 0 Å². The Bertz CT molecular complexity index is 887. The molecule has 23 heavy (non-hydrogen) atoms. The van der Waals surface area contributed by atoms with E-state index in [1.807, 2.05) is 18.2 Å². The summed E-state index contributed by atoms with van der Waals surface area (Å²) in [5.74, 6) is 2.16. The van der Waals surface area contributed by atoms with Crippen molar-refractivity contribution in [3.8, 4) is 5.75 Å². The summed E-state index contributed by atoms with van der Waals surface area (Å²) in [6.07, 6.45) is 4.88. The molecule has 0 spiro atoms. The van der Waals surface area contributed by atoms with Crippen molar-refractivity contribution >= 4 is 28.4 Å². The van der Waals surface area contributed by atoms with Crippen molar-refractivity contribution in [2.45, 2.75) is 25.3 Å². The monoisotopic (exact) mass is 309 g/mol. The number of benzene rings is 1. The molecule has 7 nitrogen and oxygen atoms in total. The maximum Gasteiger partial charge on any atom is 0.229 e. The Kier molecular flexibility index (Phi) is 2.67. The molecule has 5 rings (SSSR count). The summed E-state index contributed by atoms with van der Waals surface area (Å²) < 4.78 is 10.9. The van der Waals surface area contributed by atoms with Crippen LogP contribution in [0.1, 0.15) is 18.5 Å². The van der Waals surface area contributed by atoms with Crippen LogP contribution in [0, 0.1) is 0 Å². The topological polar surface area (TPSA) is 85.1 Å². The van der Waals surface area contributed by atoms with Crippen molar-refractivity contribution in [2.75, 3.05) is 17.2 Å². The van der Waals surface area contributed by atoms with E-state index in [4.69, 9.17) is 9.26 Å². The highest BCUT2D eigenvalue weighted by Crippen LogP contribution is 2.36. The lowest BCUT2D eigenvalue weighted by Crippen LogP contribution is -2.08. The summed E-state index contributed by atoms with van der Waals surface area (Å²) in [5.41, 5.74) is 2.55. The highest BCUT2D eigenvalue weighted by molar-refractivity contribution is 5.80. The zero-order valence-electron chi connectivity index (χ0n) is 12.4. The molecule has 1 saturated carbocycles. The van der Waals surface area contributed by atoms with Crippen LogP contribution in [0.25, 0.3) is 11.0 Å². The molecule has 0 saturated heterocycles. The van der Waals surface area contributed by atoms with Gasteiger partial charge in [-0.05, 0) is 25.0 Å². The van der Waals surface area contributed by atoms with E-state index < -0.39 is 0 Å². The normalized spacial score (nSPS) is 16.2. The van der Waals surface area contributed by atoms with Crippen molar-refractivity contribution in [3.05, 3.63) is 30.1 Å². The number of rotatable bonds is 4. The van der Waals surface area contributed by atoms with Gasteiger partial charge in [0.05, 0.1) is 18.5 Å². The third-order valence-electron chi connectivity index (χ3n) is 4.05. The fourth-order valence-electron chi connectivity index (χ4n) is 2.71. The Morgan fingerprint density at radius 2 is 2.13 bits per heavy atom. The third-order valence-corrected chi connectivity index (χ3v) is 4.05. The standard InChI is InChI=1S/C16H15N5O2/c1-2-11(7-13-9(1)8-17-23-13)19-16-20-12-5-6-22-14(12)15(21-16)18-10-3-4-10/h1-2,7-8,10H,3-6H2,(H2,18,19,20,21). The Labute approximate surface area is 132 Å². The maximum absolute atomic E-state index is 5.67. The fraction of sp³-hybridized carbons (Fsp3) is 0.312. The van der Waals surface area contributed by atoms with Gasteiger partial charge in [0.1, 0.15) is 0 Å². The second kappa shape index (κ2) is 4.84. The van der Waals surface area contributed by atoms with Gasteiger partial charge in [-0.25, -0.2) is 4.98 Å². The van der Waals surface area contributed by atoms with Crippen LogP contribution in [0.2, 0.25) is 0 Å². The molecule has 1 aliphatic heterocycles. The number of nitrogens with zero attached hydrogens (tertiary/aromatic N) is 3. The number of hydrogen-bond acceptors (Lipinski definition) is 7. The minimum Gasteiger partial charge on any atom is -0.487 e. The molecule has 1 aromatic carbocycles. The lowest BCUT2D eigenvalue weighted by molar-refractivity contribution is 0.357. The van der Waals surface area contributed by atoms with E-state index in [0.29, 0.717) is 18.6 Å². The van der Waals surface area contributed by atoms with Crippen LogP contribution < -0.4 is 15.4 Å². The first kappa shape index (κ1) is 12.7. The molecular formula is C16H15N5O2. The van der Waals surface area contributed by atoms with Gasteiger partial charge >= 0.3 is 0 Å². The summed E-state index contributed by atoms with van der Waals surface area (Å²) in [6.45, 7) is 0.664. The lowest BCUT2D eigenvalue weighted by Gasteiger charge is -2.11. The van der Waals surface area contributed by atoms with Crippen LogP contribution in [-0.2, 0) is 6.42 Å². The van der Waals surface area contributed by atoms with E-state index in [1.165, 1.54) is 12.8 Å². The van der Waals surface area contributed by atoms with Gasteiger partial charge in [0.15, 0.2) is 17.2 Å². The zero-order chi connectivity index (χ0) is 15.2. The second-order valence-corrected chi connectivity index (χ2v) is 5.89. The summed E-state index contributed by atoms with van der Waals surface area (Å²) in [4.78, 5) is 9.15.